The zero-order valence-electron chi connectivity index (χ0n) is 17.1. The van der Waals surface area contributed by atoms with Crippen molar-refractivity contribution in [2.24, 2.45) is 5.14 Å². The Morgan fingerprint density at radius 2 is 1.84 bits per heavy atom. The highest BCUT2D eigenvalue weighted by Crippen LogP contribution is 2.32. The van der Waals surface area contributed by atoms with Gasteiger partial charge in [-0.15, -0.1) is 0 Å². The first-order chi connectivity index (χ1) is 15.3. The summed E-state index contributed by atoms with van der Waals surface area (Å²) < 4.78 is 48.9. The standard InChI is InChI=1S/C23H20FN3O4S/c1-30-14-17-7-9-18(32(25,28)29)12-21(17)27-23-26-13-22(31-23)19-11-16(8-10-20(19)24)15-5-3-2-4-6-15/h2-13H,14H2,1H3,(H,26,27)(H2,25,28,29). The van der Waals surface area contributed by atoms with E-state index in [4.69, 9.17) is 14.3 Å². The maximum atomic E-state index is 14.6. The van der Waals surface area contributed by atoms with Gasteiger partial charge in [0.2, 0.25) is 10.0 Å². The Labute approximate surface area is 184 Å². The molecule has 1 aromatic heterocycles. The molecule has 4 rings (SSSR count). The molecule has 0 unspecified atom stereocenters. The van der Waals surface area contributed by atoms with Crippen LogP contribution < -0.4 is 10.5 Å². The predicted molar refractivity (Wildman–Crippen MR) is 119 cm³/mol. The predicted octanol–water partition coefficient (Wildman–Crippen LogP) is 4.69. The average molecular weight is 453 g/mol. The number of methoxy groups -OCH3 is 1. The van der Waals surface area contributed by atoms with Crippen LogP contribution in [0.1, 0.15) is 5.56 Å². The number of primary sulfonamides is 1. The largest absolute Gasteiger partial charge is 0.423 e. The minimum absolute atomic E-state index is 0.0634. The topological polar surface area (TPSA) is 107 Å². The lowest BCUT2D eigenvalue weighted by Crippen LogP contribution is -2.13. The molecule has 0 aliphatic rings. The fourth-order valence-corrected chi connectivity index (χ4v) is 3.77. The number of nitrogens with zero attached hydrogens (tertiary/aromatic N) is 1. The SMILES string of the molecule is COCc1ccc(S(N)(=O)=O)cc1Nc1ncc(-c2cc(-c3ccccc3)ccc2F)o1. The third-order valence-electron chi connectivity index (χ3n) is 4.80. The summed E-state index contributed by atoms with van der Waals surface area (Å²) in [5, 5.41) is 8.16. The van der Waals surface area contributed by atoms with Crippen LogP contribution in [0.3, 0.4) is 0 Å². The number of ether oxygens (including phenoxy) is 1. The molecule has 0 saturated carbocycles. The van der Waals surface area contributed by atoms with Crippen LogP contribution in [0.2, 0.25) is 0 Å². The lowest BCUT2D eigenvalue weighted by Gasteiger charge is -2.11. The van der Waals surface area contributed by atoms with Crippen molar-refractivity contribution in [3.63, 3.8) is 0 Å². The number of nitrogens with one attached hydrogen (secondary N) is 1. The number of oxazole rings is 1. The number of rotatable bonds is 7. The number of halogens is 1. The van der Waals surface area contributed by atoms with Crippen molar-refractivity contribution in [3.8, 4) is 22.5 Å². The van der Waals surface area contributed by atoms with Crippen molar-refractivity contribution in [3.05, 3.63) is 84.3 Å². The van der Waals surface area contributed by atoms with Gasteiger partial charge in [-0.1, -0.05) is 42.5 Å². The number of aromatic nitrogens is 1. The molecule has 0 aliphatic carbocycles. The van der Waals surface area contributed by atoms with Crippen molar-refractivity contribution < 1.29 is 22.0 Å². The van der Waals surface area contributed by atoms with Crippen molar-refractivity contribution in [1.82, 2.24) is 4.98 Å². The van der Waals surface area contributed by atoms with E-state index >= 15 is 0 Å². The molecule has 3 N–H and O–H groups in total. The van der Waals surface area contributed by atoms with Crippen molar-refractivity contribution in [2.75, 3.05) is 12.4 Å². The Bertz CT molecular complexity index is 1350. The Morgan fingerprint density at radius 3 is 2.56 bits per heavy atom. The number of benzene rings is 3. The Morgan fingerprint density at radius 1 is 1.06 bits per heavy atom. The molecule has 0 fully saturated rings. The number of nitrogens with two attached hydrogens (primary N) is 1. The van der Waals surface area contributed by atoms with Gasteiger partial charge in [-0.05, 0) is 35.4 Å². The van der Waals surface area contributed by atoms with Gasteiger partial charge >= 0.3 is 0 Å². The van der Waals surface area contributed by atoms with Crippen molar-refractivity contribution in [2.45, 2.75) is 11.5 Å². The van der Waals surface area contributed by atoms with E-state index in [-0.39, 0.29) is 28.8 Å². The average Bonchev–Trinajstić information content (AvgIpc) is 3.23. The summed E-state index contributed by atoms with van der Waals surface area (Å²) >= 11 is 0. The van der Waals surface area contributed by atoms with Crippen LogP contribution >= 0.6 is 0 Å². The summed E-state index contributed by atoms with van der Waals surface area (Å²) in [5.41, 5.74) is 3.08. The third-order valence-corrected chi connectivity index (χ3v) is 5.71. The van der Waals surface area contributed by atoms with Gasteiger partial charge in [0.25, 0.3) is 6.01 Å². The zero-order chi connectivity index (χ0) is 22.7. The van der Waals surface area contributed by atoms with Gasteiger partial charge in [0.1, 0.15) is 5.82 Å². The second kappa shape index (κ2) is 8.91. The van der Waals surface area contributed by atoms with E-state index in [1.165, 1.54) is 31.5 Å². The first-order valence-corrected chi connectivity index (χ1v) is 11.1. The van der Waals surface area contributed by atoms with Crippen LogP contribution in [0.4, 0.5) is 16.1 Å². The highest BCUT2D eigenvalue weighted by molar-refractivity contribution is 7.89. The first-order valence-electron chi connectivity index (χ1n) is 9.58. The monoisotopic (exact) mass is 453 g/mol. The summed E-state index contributed by atoms with van der Waals surface area (Å²) in [6.45, 7) is 0.217. The minimum Gasteiger partial charge on any atom is -0.423 e. The van der Waals surface area contributed by atoms with Crippen LogP contribution in [0, 0.1) is 5.82 Å². The summed E-state index contributed by atoms with van der Waals surface area (Å²) in [6.07, 6.45) is 1.40. The van der Waals surface area contributed by atoms with Gasteiger partial charge in [0.15, 0.2) is 5.76 Å². The van der Waals surface area contributed by atoms with Crippen LogP contribution in [-0.2, 0) is 21.4 Å². The van der Waals surface area contributed by atoms with E-state index in [9.17, 15) is 12.8 Å². The number of hydrogen-bond donors (Lipinski definition) is 2. The number of sulfonamides is 1. The molecule has 164 valence electrons. The number of anilines is 2. The minimum atomic E-state index is -3.91. The lowest BCUT2D eigenvalue weighted by atomic mass is 10.0. The van der Waals surface area contributed by atoms with E-state index in [2.05, 4.69) is 10.3 Å². The summed E-state index contributed by atoms with van der Waals surface area (Å²) in [6, 6.07) is 18.7. The van der Waals surface area contributed by atoms with Crippen LogP contribution in [0.5, 0.6) is 0 Å². The lowest BCUT2D eigenvalue weighted by molar-refractivity contribution is 0.185. The molecule has 0 radical (unpaired) electrons. The van der Waals surface area contributed by atoms with E-state index in [1.807, 2.05) is 30.3 Å². The van der Waals surface area contributed by atoms with E-state index in [0.717, 1.165) is 11.1 Å². The second-order valence-corrected chi connectivity index (χ2v) is 8.57. The molecule has 4 aromatic rings. The molecule has 9 heteroatoms. The molecule has 7 nitrogen and oxygen atoms in total. The fraction of sp³-hybridized carbons (Fsp3) is 0.0870. The van der Waals surface area contributed by atoms with Crippen molar-refractivity contribution >= 4 is 21.7 Å². The van der Waals surface area contributed by atoms with Crippen LogP contribution in [-0.4, -0.2) is 20.5 Å². The van der Waals surface area contributed by atoms with E-state index in [0.29, 0.717) is 11.3 Å². The normalized spacial score (nSPS) is 11.5. The van der Waals surface area contributed by atoms with Gasteiger partial charge in [-0.2, -0.15) is 0 Å². The summed E-state index contributed by atoms with van der Waals surface area (Å²) in [7, 11) is -2.39. The van der Waals surface area contributed by atoms with Gasteiger partial charge in [-0.25, -0.2) is 22.9 Å². The number of hydrogen-bond acceptors (Lipinski definition) is 6. The Balaban J connectivity index is 1.67. The van der Waals surface area contributed by atoms with E-state index in [1.54, 1.807) is 18.2 Å². The molecule has 0 saturated heterocycles. The smallest absolute Gasteiger partial charge is 0.299 e. The summed E-state index contributed by atoms with van der Waals surface area (Å²) in [4.78, 5) is 4.08. The van der Waals surface area contributed by atoms with Gasteiger partial charge in [-0.3, -0.25) is 0 Å². The first kappa shape index (κ1) is 21.7. The molecule has 0 spiro atoms. The highest BCUT2D eigenvalue weighted by atomic mass is 32.2. The second-order valence-electron chi connectivity index (χ2n) is 7.01. The molecule has 0 atom stereocenters. The molecule has 0 bridgehead atoms. The maximum Gasteiger partial charge on any atom is 0.299 e. The fourth-order valence-electron chi connectivity index (χ4n) is 3.23. The Hall–Kier alpha value is -3.53. The van der Waals surface area contributed by atoms with E-state index < -0.39 is 15.8 Å². The highest BCUT2D eigenvalue weighted by Gasteiger charge is 2.16. The quantitative estimate of drug-likeness (QED) is 0.421. The van der Waals surface area contributed by atoms with Gasteiger partial charge < -0.3 is 14.5 Å². The molecular weight excluding hydrogens is 433 g/mol. The van der Waals surface area contributed by atoms with Gasteiger partial charge in [0.05, 0.1) is 23.3 Å². The van der Waals surface area contributed by atoms with Crippen LogP contribution in [0.15, 0.2) is 82.2 Å². The third kappa shape index (κ3) is 4.70. The maximum absolute atomic E-state index is 14.6. The molecular formula is C23H20FN3O4S. The van der Waals surface area contributed by atoms with Crippen molar-refractivity contribution in [1.29, 1.82) is 0 Å². The molecule has 3 aromatic carbocycles. The molecule has 0 aliphatic heterocycles. The van der Waals surface area contributed by atoms with Gasteiger partial charge in [0, 0.05) is 18.4 Å². The van der Waals surface area contributed by atoms with Crippen LogP contribution in [0.25, 0.3) is 22.5 Å². The molecule has 0 amide bonds. The summed E-state index contributed by atoms with van der Waals surface area (Å²) in [5.74, 6) is -0.234. The molecule has 32 heavy (non-hydrogen) atoms. The molecule has 1 heterocycles. The zero-order valence-corrected chi connectivity index (χ0v) is 17.9. The Kier molecular flexibility index (Phi) is 6.04.